The molecule has 7 nitrogen and oxygen atoms in total. The molecule has 0 aliphatic carbocycles. The van der Waals surface area contributed by atoms with Crippen LogP contribution in [0.5, 0.6) is 0 Å². The van der Waals surface area contributed by atoms with Gasteiger partial charge in [-0.3, -0.25) is 9.59 Å². The Bertz CT molecular complexity index is 1200. The van der Waals surface area contributed by atoms with Gasteiger partial charge < -0.3 is 14.3 Å². The second kappa shape index (κ2) is 8.46. The quantitative estimate of drug-likeness (QED) is 0.597. The molecule has 7 heteroatoms. The lowest BCUT2D eigenvalue weighted by atomic mass is 10.1. The summed E-state index contributed by atoms with van der Waals surface area (Å²) in [6.07, 6.45) is 1.89. The molecule has 33 heavy (non-hydrogen) atoms. The fraction of sp³-hybridized carbons (Fsp3) is 0.385. The summed E-state index contributed by atoms with van der Waals surface area (Å²) in [7, 11) is 0. The molecule has 1 aromatic heterocycles. The maximum atomic E-state index is 13.4. The van der Waals surface area contributed by atoms with Crippen molar-refractivity contribution in [3.63, 3.8) is 0 Å². The Morgan fingerprint density at radius 1 is 1.06 bits per heavy atom. The van der Waals surface area contributed by atoms with Crippen molar-refractivity contribution in [1.29, 1.82) is 0 Å². The van der Waals surface area contributed by atoms with E-state index < -0.39 is 0 Å². The molecule has 2 aliphatic rings. The lowest BCUT2D eigenvalue weighted by molar-refractivity contribution is -0.137. The van der Waals surface area contributed by atoms with Gasteiger partial charge in [-0.25, -0.2) is 0 Å². The molecule has 3 heterocycles. The van der Waals surface area contributed by atoms with Crippen LogP contribution in [0.15, 0.2) is 47.0 Å². The average molecular weight is 445 g/mol. The molecule has 2 fully saturated rings. The van der Waals surface area contributed by atoms with Crippen LogP contribution in [0.1, 0.15) is 47.9 Å². The third-order valence-corrected chi connectivity index (χ3v) is 6.85. The van der Waals surface area contributed by atoms with Gasteiger partial charge in [0.15, 0.2) is 0 Å². The number of rotatable bonds is 4. The zero-order valence-electron chi connectivity index (χ0n) is 19.2. The Balaban J connectivity index is 1.32. The van der Waals surface area contributed by atoms with Crippen molar-refractivity contribution >= 4 is 17.5 Å². The predicted octanol–water partition coefficient (Wildman–Crippen LogP) is 4.38. The van der Waals surface area contributed by atoms with E-state index in [4.69, 9.17) is 4.52 Å². The largest absolute Gasteiger partial charge is 0.337 e. The molecule has 0 N–H and O–H groups in total. The Morgan fingerprint density at radius 3 is 2.61 bits per heavy atom. The SMILES string of the molecule is Cc1ccc(-c2noc([C@@H]3CCCN3C(=O)[C@@H]3CC(=O)N(c4ccc(C)c(C)c4)C3)n2)cc1. The molecule has 2 aromatic carbocycles. The molecule has 0 radical (unpaired) electrons. The number of carbonyl (C=O) groups excluding carboxylic acids is 2. The molecule has 3 aromatic rings. The van der Waals surface area contributed by atoms with Crippen LogP contribution in [0.3, 0.4) is 0 Å². The number of carbonyl (C=O) groups is 2. The van der Waals surface area contributed by atoms with E-state index in [-0.39, 0.29) is 30.2 Å². The second-order valence-electron chi connectivity index (χ2n) is 9.19. The number of benzene rings is 2. The zero-order chi connectivity index (χ0) is 23.1. The van der Waals surface area contributed by atoms with Gasteiger partial charge in [-0.05, 0) is 56.9 Å². The Hall–Kier alpha value is -3.48. The highest BCUT2D eigenvalue weighted by atomic mass is 16.5. The molecule has 0 unspecified atom stereocenters. The van der Waals surface area contributed by atoms with Crippen molar-refractivity contribution in [3.8, 4) is 11.4 Å². The monoisotopic (exact) mass is 444 g/mol. The van der Waals surface area contributed by atoms with E-state index in [9.17, 15) is 9.59 Å². The highest BCUT2D eigenvalue weighted by Crippen LogP contribution is 2.35. The number of amides is 2. The molecular formula is C26H28N4O3. The van der Waals surface area contributed by atoms with Gasteiger partial charge in [0.2, 0.25) is 23.5 Å². The van der Waals surface area contributed by atoms with Crippen LogP contribution in [-0.4, -0.2) is 39.9 Å². The Kier molecular flexibility index (Phi) is 5.48. The molecule has 0 bridgehead atoms. The lowest BCUT2D eigenvalue weighted by Gasteiger charge is -2.25. The van der Waals surface area contributed by atoms with E-state index >= 15 is 0 Å². The normalized spacial score (nSPS) is 20.6. The van der Waals surface area contributed by atoms with Crippen molar-refractivity contribution in [3.05, 3.63) is 65.0 Å². The number of aryl methyl sites for hydroxylation is 3. The third-order valence-electron chi connectivity index (χ3n) is 6.85. The number of hydrogen-bond acceptors (Lipinski definition) is 5. The number of aromatic nitrogens is 2. The first-order valence-corrected chi connectivity index (χ1v) is 11.5. The molecule has 0 saturated carbocycles. The van der Waals surface area contributed by atoms with Crippen LogP contribution in [0.4, 0.5) is 5.69 Å². The van der Waals surface area contributed by atoms with Crippen molar-refractivity contribution in [2.75, 3.05) is 18.0 Å². The standard InChI is InChI=1S/C26H28N4O3/c1-16-6-9-19(10-7-16)24-27-25(33-28-24)22-5-4-12-29(22)26(32)20-14-23(31)30(15-20)21-11-8-17(2)18(3)13-21/h6-11,13,20,22H,4-5,12,14-15H2,1-3H3/t20-,22+/m1/s1. The first-order valence-electron chi connectivity index (χ1n) is 11.5. The maximum absolute atomic E-state index is 13.4. The molecule has 2 amide bonds. The summed E-state index contributed by atoms with van der Waals surface area (Å²) in [5, 5.41) is 4.14. The highest BCUT2D eigenvalue weighted by Gasteiger charge is 2.42. The molecule has 170 valence electrons. The first-order chi connectivity index (χ1) is 15.9. The minimum atomic E-state index is -0.362. The van der Waals surface area contributed by atoms with E-state index in [1.54, 1.807) is 4.90 Å². The van der Waals surface area contributed by atoms with Crippen molar-refractivity contribution in [2.24, 2.45) is 5.92 Å². The van der Waals surface area contributed by atoms with Crippen LogP contribution in [0.2, 0.25) is 0 Å². The summed E-state index contributed by atoms with van der Waals surface area (Å²) in [5.41, 5.74) is 5.22. The van der Waals surface area contributed by atoms with Gasteiger partial charge in [0.25, 0.3) is 0 Å². The van der Waals surface area contributed by atoms with Gasteiger partial charge in [-0.15, -0.1) is 0 Å². The van der Waals surface area contributed by atoms with Gasteiger partial charge in [-0.1, -0.05) is 41.1 Å². The van der Waals surface area contributed by atoms with Crippen LogP contribution < -0.4 is 4.90 Å². The Morgan fingerprint density at radius 2 is 1.85 bits per heavy atom. The summed E-state index contributed by atoms with van der Waals surface area (Å²) in [6, 6.07) is 13.7. The number of anilines is 1. The van der Waals surface area contributed by atoms with E-state index in [1.165, 1.54) is 5.56 Å². The minimum Gasteiger partial charge on any atom is -0.337 e. The van der Waals surface area contributed by atoms with Crippen LogP contribution in [-0.2, 0) is 9.59 Å². The van der Waals surface area contributed by atoms with Gasteiger partial charge in [0.1, 0.15) is 6.04 Å². The second-order valence-corrected chi connectivity index (χ2v) is 9.19. The van der Waals surface area contributed by atoms with Crippen molar-refractivity contribution in [2.45, 2.75) is 46.1 Å². The third kappa shape index (κ3) is 4.03. The summed E-state index contributed by atoms with van der Waals surface area (Å²) in [5.74, 6) is 0.617. The molecule has 0 spiro atoms. The van der Waals surface area contributed by atoms with Crippen molar-refractivity contribution < 1.29 is 14.1 Å². The number of nitrogens with zero attached hydrogens (tertiary/aromatic N) is 4. The molecule has 2 atom stereocenters. The lowest BCUT2D eigenvalue weighted by Crippen LogP contribution is -2.37. The van der Waals surface area contributed by atoms with Gasteiger partial charge in [0.05, 0.1) is 5.92 Å². The smallest absolute Gasteiger partial charge is 0.249 e. The number of likely N-dealkylation sites (tertiary alicyclic amines) is 1. The zero-order valence-corrected chi connectivity index (χ0v) is 19.2. The first kappa shape index (κ1) is 21.4. The van der Waals surface area contributed by atoms with Crippen molar-refractivity contribution in [1.82, 2.24) is 15.0 Å². The minimum absolute atomic E-state index is 0.00716. The predicted molar refractivity (Wildman–Crippen MR) is 125 cm³/mol. The highest BCUT2D eigenvalue weighted by molar-refractivity contribution is 6.00. The average Bonchev–Trinajstić information content (AvgIpc) is 3.55. The molecule has 2 aliphatic heterocycles. The van der Waals surface area contributed by atoms with Gasteiger partial charge >= 0.3 is 0 Å². The van der Waals surface area contributed by atoms with E-state index in [2.05, 4.69) is 10.1 Å². The van der Waals surface area contributed by atoms with Crippen LogP contribution >= 0.6 is 0 Å². The van der Waals surface area contributed by atoms with Crippen LogP contribution in [0.25, 0.3) is 11.4 Å². The van der Waals surface area contributed by atoms with E-state index in [1.807, 2.05) is 68.1 Å². The van der Waals surface area contributed by atoms with E-state index in [0.29, 0.717) is 24.8 Å². The van der Waals surface area contributed by atoms with Crippen LogP contribution in [0, 0.1) is 26.7 Å². The molecule has 5 rings (SSSR count). The van der Waals surface area contributed by atoms with Gasteiger partial charge in [-0.2, -0.15) is 4.98 Å². The fourth-order valence-corrected chi connectivity index (χ4v) is 4.73. The Labute approximate surface area is 193 Å². The maximum Gasteiger partial charge on any atom is 0.249 e. The summed E-state index contributed by atoms with van der Waals surface area (Å²) < 4.78 is 5.58. The summed E-state index contributed by atoms with van der Waals surface area (Å²) >= 11 is 0. The van der Waals surface area contributed by atoms with E-state index in [0.717, 1.165) is 35.2 Å². The van der Waals surface area contributed by atoms with Gasteiger partial charge in [0, 0.05) is 30.8 Å². The topological polar surface area (TPSA) is 79.5 Å². The summed E-state index contributed by atoms with van der Waals surface area (Å²) in [4.78, 5) is 34.4. The number of hydrogen-bond donors (Lipinski definition) is 0. The molecular weight excluding hydrogens is 416 g/mol. The summed E-state index contributed by atoms with van der Waals surface area (Å²) in [6.45, 7) is 7.16. The fourth-order valence-electron chi connectivity index (χ4n) is 4.73. The molecule has 2 saturated heterocycles.